The summed E-state index contributed by atoms with van der Waals surface area (Å²) in [5.41, 5.74) is 6.46. The van der Waals surface area contributed by atoms with Crippen LogP contribution in [-0.4, -0.2) is 28.2 Å². The average Bonchev–Trinajstić information content (AvgIpc) is 2.11. The van der Waals surface area contributed by atoms with Crippen molar-refractivity contribution < 1.29 is 4.79 Å². The van der Waals surface area contributed by atoms with Crippen LogP contribution in [0.2, 0.25) is 0 Å². The van der Waals surface area contributed by atoms with E-state index in [1.54, 1.807) is 0 Å². The molecule has 0 aromatic carbocycles. The second-order valence-corrected chi connectivity index (χ2v) is 4.09. The molecule has 1 aliphatic heterocycles. The molecule has 1 heterocycles. The number of rotatable bonds is 3. The number of nitrogens with zero attached hydrogens (tertiary/aromatic N) is 2. The van der Waals surface area contributed by atoms with E-state index in [9.17, 15) is 4.79 Å². The van der Waals surface area contributed by atoms with Gasteiger partial charge < -0.3 is 5.73 Å². The van der Waals surface area contributed by atoms with E-state index in [2.05, 4.69) is 5.10 Å². The SMILES string of the molecule is CC1=NN(CC(C)C(N)=S)C(=O)CC1. The molecule has 1 atom stereocenters. The molecule has 0 aromatic rings. The van der Waals surface area contributed by atoms with Crippen molar-refractivity contribution in [3.8, 4) is 0 Å². The molecule has 0 aliphatic carbocycles. The normalized spacial score (nSPS) is 19.1. The van der Waals surface area contributed by atoms with Crippen LogP contribution in [0.25, 0.3) is 0 Å². The number of carbonyl (C=O) groups excluding carboxylic acids is 1. The molecule has 0 saturated carbocycles. The molecule has 14 heavy (non-hydrogen) atoms. The molecular weight excluding hydrogens is 198 g/mol. The van der Waals surface area contributed by atoms with E-state index >= 15 is 0 Å². The van der Waals surface area contributed by atoms with Crippen LogP contribution >= 0.6 is 12.2 Å². The minimum atomic E-state index is 0.0172. The van der Waals surface area contributed by atoms with Gasteiger partial charge in [-0.25, -0.2) is 5.01 Å². The standard InChI is InChI=1S/C9H15N3OS/c1-6(9(10)14)5-12-8(13)4-3-7(2)11-12/h6H,3-5H2,1-2H3,(H2,10,14). The summed E-state index contributed by atoms with van der Waals surface area (Å²) in [6, 6.07) is 0. The summed E-state index contributed by atoms with van der Waals surface area (Å²) in [7, 11) is 0. The fourth-order valence-electron chi connectivity index (χ4n) is 1.22. The van der Waals surface area contributed by atoms with E-state index < -0.39 is 0 Å². The zero-order valence-electron chi connectivity index (χ0n) is 8.49. The first kappa shape index (κ1) is 11.1. The first-order valence-electron chi connectivity index (χ1n) is 4.64. The van der Waals surface area contributed by atoms with Gasteiger partial charge in [0.05, 0.1) is 11.5 Å². The first-order chi connectivity index (χ1) is 6.50. The summed E-state index contributed by atoms with van der Waals surface area (Å²) < 4.78 is 0. The highest BCUT2D eigenvalue weighted by Crippen LogP contribution is 2.11. The van der Waals surface area contributed by atoms with Crippen LogP contribution in [-0.2, 0) is 4.79 Å². The number of amides is 1. The Bertz CT molecular complexity index is 288. The summed E-state index contributed by atoms with van der Waals surface area (Å²) >= 11 is 4.85. The molecule has 78 valence electrons. The Morgan fingerprint density at radius 3 is 2.93 bits per heavy atom. The average molecular weight is 213 g/mol. The summed E-state index contributed by atoms with van der Waals surface area (Å²) in [6.07, 6.45) is 1.30. The van der Waals surface area contributed by atoms with Gasteiger partial charge in [0.25, 0.3) is 0 Å². The maximum Gasteiger partial charge on any atom is 0.243 e. The fourth-order valence-corrected chi connectivity index (χ4v) is 1.30. The van der Waals surface area contributed by atoms with Gasteiger partial charge >= 0.3 is 0 Å². The van der Waals surface area contributed by atoms with Gasteiger partial charge in [0.1, 0.15) is 0 Å². The Balaban J connectivity index is 2.62. The maximum absolute atomic E-state index is 11.4. The molecule has 2 N–H and O–H groups in total. The van der Waals surface area contributed by atoms with Crippen LogP contribution in [0.3, 0.4) is 0 Å². The molecule has 1 aliphatic rings. The van der Waals surface area contributed by atoms with E-state index in [1.807, 2.05) is 13.8 Å². The number of thiocarbonyl (C=S) groups is 1. The zero-order valence-corrected chi connectivity index (χ0v) is 9.30. The largest absolute Gasteiger partial charge is 0.393 e. The molecule has 4 nitrogen and oxygen atoms in total. The van der Waals surface area contributed by atoms with Crippen molar-refractivity contribution in [2.45, 2.75) is 26.7 Å². The predicted molar refractivity (Wildman–Crippen MR) is 60.0 cm³/mol. The van der Waals surface area contributed by atoms with Gasteiger partial charge in [-0.1, -0.05) is 19.1 Å². The Labute approximate surface area is 89.1 Å². The van der Waals surface area contributed by atoms with Crippen molar-refractivity contribution in [2.75, 3.05) is 6.54 Å². The molecule has 0 spiro atoms. The minimum absolute atomic E-state index is 0.0172. The van der Waals surface area contributed by atoms with Gasteiger partial charge in [0.2, 0.25) is 5.91 Å². The van der Waals surface area contributed by atoms with E-state index in [4.69, 9.17) is 18.0 Å². The molecule has 1 rings (SSSR count). The maximum atomic E-state index is 11.4. The van der Waals surface area contributed by atoms with Crippen molar-refractivity contribution in [3.63, 3.8) is 0 Å². The first-order valence-corrected chi connectivity index (χ1v) is 5.05. The topological polar surface area (TPSA) is 58.7 Å². The van der Waals surface area contributed by atoms with E-state index in [0.717, 1.165) is 12.1 Å². The second kappa shape index (κ2) is 4.50. The third-order valence-electron chi connectivity index (χ3n) is 2.21. The lowest BCUT2D eigenvalue weighted by molar-refractivity contribution is -0.132. The van der Waals surface area contributed by atoms with Gasteiger partial charge in [-0.2, -0.15) is 5.10 Å². The molecular formula is C9H15N3OS. The van der Waals surface area contributed by atoms with Crippen molar-refractivity contribution in [1.29, 1.82) is 0 Å². The molecule has 0 aromatic heterocycles. The van der Waals surface area contributed by atoms with Gasteiger partial charge in [0.15, 0.2) is 0 Å². The third-order valence-corrected chi connectivity index (χ3v) is 2.61. The fraction of sp³-hybridized carbons (Fsp3) is 0.667. The Morgan fingerprint density at radius 2 is 2.36 bits per heavy atom. The number of hydrazone groups is 1. The van der Waals surface area contributed by atoms with Crippen LogP contribution in [0.15, 0.2) is 5.10 Å². The van der Waals surface area contributed by atoms with Crippen LogP contribution in [0.1, 0.15) is 26.7 Å². The van der Waals surface area contributed by atoms with Crippen LogP contribution in [0.4, 0.5) is 0 Å². The van der Waals surface area contributed by atoms with Gasteiger partial charge in [0, 0.05) is 18.1 Å². The monoisotopic (exact) mass is 213 g/mol. The second-order valence-electron chi connectivity index (χ2n) is 3.61. The van der Waals surface area contributed by atoms with Crippen LogP contribution in [0, 0.1) is 5.92 Å². The predicted octanol–water partition coefficient (Wildman–Crippen LogP) is 0.907. The number of hydrogen-bond acceptors (Lipinski definition) is 3. The highest BCUT2D eigenvalue weighted by atomic mass is 32.1. The zero-order chi connectivity index (χ0) is 10.7. The number of hydrogen-bond donors (Lipinski definition) is 1. The summed E-state index contributed by atoms with van der Waals surface area (Å²) in [4.78, 5) is 11.9. The number of carbonyl (C=O) groups is 1. The molecule has 0 bridgehead atoms. The van der Waals surface area contributed by atoms with Crippen molar-refractivity contribution in [3.05, 3.63) is 0 Å². The Hall–Kier alpha value is -0.970. The van der Waals surface area contributed by atoms with Gasteiger partial charge in [-0.15, -0.1) is 0 Å². The minimum Gasteiger partial charge on any atom is -0.393 e. The Kier molecular flexibility index (Phi) is 3.57. The van der Waals surface area contributed by atoms with Gasteiger partial charge in [-0.05, 0) is 13.3 Å². The Morgan fingerprint density at radius 1 is 1.71 bits per heavy atom. The smallest absolute Gasteiger partial charge is 0.243 e. The van der Waals surface area contributed by atoms with E-state index in [0.29, 0.717) is 18.0 Å². The van der Waals surface area contributed by atoms with Crippen LogP contribution in [0.5, 0.6) is 0 Å². The summed E-state index contributed by atoms with van der Waals surface area (Å²) in [6.45, 7) is 4.31. The molecule has 1 unspecified atom stereocenters. The molecule has 0 fully saturated rings. The van der Waals surface area contributed by atoms with E-state index in [-0.39, 0.29) is 11.8 Å². The molecule has 5 heteroatoms. The third kappa shape index (κ3) is 2.77. The van der Waals surface area contributed by atoms with Crippen molar-refractivity contribution in [2.24, 2.45) is 16.8 Å². The molecule has 0 radical (unpaired) electrons. The lowest BCUT2D eigenvalue weighted by atomic mass is 10.1. The lowest BCUT2D eigenvalue weighted by Gasteiger charge is -2.24. The highest BCUT2D eigenvalue weighted by Gasteiger charge is 2.20. The van der Waals surface area contributed by atoms with Gasteiger partial charge in [-0.3, -0.25) is 4.79 Å². The molecule has 0 saturated heterocycles. The quantitative estimate of drug-likeness (QED) is 0.709. The molecule has 1 amide bonds. The van der Waals surface area contributed by atoms with Crippen molar-refractivity contribution in [1.82, 2.24) is 5.01 Å². The van der Waals surface area contributed by atoms with Crippen molar-refractivity contribution >= 4 is 28.8 Å². The number of nitrogens with two attached hydrogens (primary N) is 1. The lowest BCUT2D eigenvalue weighted by Crippen LogP contribution is -2.37. The summed E-state index contributed by atoms with van der Waals surface area (Å²) in [5.74, 6) is 0.0716. The van der Waals surface area contributed by atoms with E-state index in [1.165, 1.54) is 5.01 Å². The summed E-state index contributed by atoms with van der Waals surface area (Å²) in [5, 5.41) is 5.65. The highest BCUT2D eigenvalue weighted by molar-refractivity contribution is 7.80. The van der Waals surface area contributed by atoms with Crippen LogP contribution < -0.4 is 5.73 Å².